The molecule has 0 saturated carbocycles. The minimum Gasteiger partial charge on any atom is -0.313 e. The summed E-state index contributed by atoms with van der Waals surface area (Å²) in [5.74, 6) is -0.460. The van der Waals surface area contributed by atoms with E-state index in [4.69, 9.17) is 0 Å². The van der Waals surface area contributed by atoms with Crippen molar-refractivity contribution in [3.63, 3.8) is 0 Å². The summed E-state index contributed by atoms with van der Waals surface area (Å²) in [7, 11) is 1.81. The minimum atomic E-state index is -0.525. The van der Waals surface area contributed by atoms with Crippen molar-refractivity contribution < 1.29 is 8.78 Å². The average molecular weight is 241 g/mol. The molecule has 0 aliphatic rings. The second kappa shape index (κ2) is 6.70. The molecule has 1 nitrogen and oxygen atoms in total. The van der Waals surface area contributed by atoms with Gasteiger partial charge in [-0.3, -0.25) is 0 Å². The molecule has 2 atom stereocenters. The van der Waals surface area contributed by atoms with Gasteiger partial charge in [0.15, 0.2) is 0 Å². The van der Waals surface area contributed by atoms with Crippen molar-refractivity contribution in [2.75, 3.05) is 7.05 Å². The molecule has 0 amide bonds. The third-order valence-corrected chi connectivity index (χ3v) is 3.11. The van der Waals surface area contributed by atoms with Crippen LogP contribution in [-0.4, -0.2) is 7.05 Å². The predicted molar refractivity (Wildman–Crippen MR) is 66.8 cm³/mol. The third-order valence-electron chi connectivity index (χ3n) is 3.11. The van der Waals surface area contributed by atoms with Crippen LogP contribution in [0.5, 0.6) is 0 Å². The Bertz CT molecular complexity index is 352. The van der Waals surface area contributed by atoms with Crippen LogP contribution in [0, 0.1) is 17.6 Å². The molecule has 17 heavy (non-hydrogen) atoms. The summed E-state index contributed by atoms with van der Waals surface area (Å²) in [6.45, 7) is 4.30. The van der Waals surface area contributed by atoms with Crippen LogP contribution in [0.4, 0.5) is 8.78 Å². The SMILES string of the molecule is CCCC(C)CC(NC)c1ccc(F)cc1F. The zero-order valence-electron chi connectivity index (χ0n) is 10.8. The number of nitrogens with one attached hydrogen (secondary N) is 1. The molecule has 2 unspecified atom stereocenters. The van der Waals surface area contributed by atoms with Crippen LogP contribution in [0.2, 0.25) is 0 Å². The maximum absolute atomic E-state index is 13.6. The fraction of sp³-hybridized carbons (Fsp3) is 0.571. The van der Waals surface area contributed by atoms with Crippen molar-refractivity contribution in [3.05, 3.63) is 35.4 Å². The Labute approximate surface area is 102 Å². The van der Waals surface area contributed by atoms with Crippen LogP contribution >= 0.6 is 0 Å². The van der Waals surface area contributed by atoms with E-state index < -0.39 is 11.6 Å². The molecule has 1 aromatic carbocycles. The van der Waals surface area contributed by atoms with E-state index in [9.17, 15) is 8.78 Å². The molecule has 1 aromatic rings. The van der Waals surface area contributed by atoms with Gasteiger partial charge in [0.1, 0.15) is 11.6 Å². The summed E-state index contributed by atoms with van der Waals surface area (Å²) in [5, 5.41) is 3.11. The van der Waals surface area contributed by atoms with Crippen molar-refractivity contribution in [2.45, 2.75) is 39.2 Å². The van der Waals surface area contributed by atoms with Gasteiger partial charge in [-0.25, -0.2) is 8.78 Å². The molecule has 0 spiro atoms. The van der Waals surface area contributed by atoms with Crippen molar-refractivity contribution in [1.29, 1.82) is 0 Å². The first-order valence-corrected chi connectivity index (χ1v) is 6.20. The molecule has 0 aliphatic heterocycles. The lowest BCUT2D eigenvalue weighted by molar-refractivity contribution is 0.396. The summed E-state index contributed by atoms with van der Waals surface area (Å²) >= 11 is 0. The number of hydrogen-bond acceptors (Lipinski definition) is 1. The zero-order chi connectivity index (χ0) is 12.8. The second-order valence-electron chi connectivity index (χ2n) is 4.64. The topological polar surface area (TPSA) is 12.0 Å². The van der Waals surface area contributed by atoms with Gasteiger partial charge in [0, 0.05) is 17.7 Å². The molecule has 1 N–H and O–H groups in total. The molecule has 96 valence electrons. The monoisotopic (exact) mass is 241 g/mol. The van der Waals surface area contributed by atoms with Gasteiger partial charge < -0.3 is 5.32 Å². The predicted octanol–water partition coefficient (Wildman–Crippen LogP) is 4.05. The van der Waals surface area contributed by atoms with E-state index in [0.29, 0.717) is 11.5 Å². The molecule has 3 heteroatoms. The largest absolute Gasteiger partial charge is 0.313 e. The highest BCUT2D eigenvalue weighted by Gasteiger charge is 2.17. The standard InChI is InChI=1S/C14H21F2N/c1-4-5-10(2)8-14(17-3)12-7-6-11(15)9-13(12)16/h6-7,9-10,14,17H,4-5,8H2,1-3H3. The first kappa shape index (κ1) is 14.1. The van der Waals surface area contributed by atoms with Crippen molar-refractivity contribution >= 4 is 0 Å². The smallest absolute Gasteiger partial charge is 0.130 e. The Morgan fingerprint density at radius 1 is 1.29 bits per heavy atom. The van der Waals surface area contributed by atoms with E-state index in [0.717, 1.165) is 25.3 Å². The molecule has 0 fully saturated rings. The number of halogens is 2. The number of benzene rings is 1. The highest BCUT2D eigenvalue weighted by molar-refractivity contribution is 5.22. The first-order chi connectivity index (χ1) is 8.08. The lowest BCUT2D eigenvalue weighted by Gasteiger charge is -2.21. The fourth-order valence-electron chi connectivity index (χ4n) is 2.20. The highest BCUT2D eigenvalue weighted by atomic mass is 19.1. The summed E-state index contributed by atoms with van der Waals surface area (Å²) in [6.07, 6.45) is 3.12. The molecular weight excluding hydrogens is 220 g/mol. The van der Waals surface area contributed by atoms with E-state index in [2.05, 4.69) is 19.2 Å². The van der Waals surface area contributed by atoms with Gasteiger partial charge in [-0.2, -0.15) is 0 Å². The molecule has 0 saturated heterocycles. The summed E-state index contributed by atoms with van der Waals surface area (Å²) in [6, 6.07) is 3.75. The Kier molecular flexibility index (Phi) is 5.56. The molecule has 0 aromatic heterocycles. The van der Waals surface area contributed by atoms with Crippen LogP contribution in [0.25, 0.3) is 0 Å². The number of rotatable bonds is 6. The van der Waals surface area contributed by atoms with Crippen LogP contribution in [0.3, 0.4) is 0 Å². The molecule has 0 radical (unpaired) electrons. The van der Waals surface area contributed by atoms with Crippen molar-refractivity contribution in [1.82, 2.24) is 5.32 Å². The van der Waals surface area contributed by atoms with Crippen LogP contribution in [0.15, 0.2) is 18.2 Å². The second-order valence-corrected chi connectivity index (χ2v) is 4.64. The highest BCUT2D eigenvalue weighted by Crippen LogP contribution is 2.25. The summed E-state index contributed by atoms with van der Waals surface area (Å²) < 4.78 is 26.5. The fourth-order valence-corrected chi connectivity index (χ4v) is 2.20. The zero-order valence-corrected chi connectivity index (χ0v) is 10.8. The molecule has 1 rings (SSSR count). The quantitative estimate of drug-likeness (QED) is 0.792. The first-order valence-electron chi connectivity index (χ1n) is 6.20. The molecule has 0 aliphatic carbocycles. The maximum Gasteiger partial charge on any atom is 0.130 e. The third kappa shape index (κ3) is 4.08. The van der Waals surface area contributed by atoms with E-state index in [1.54, 1.807) is 0 Å². The van der Waals surface area contributed by atoms with Crippen molar-refractivity contribution in [3.8, 4) is 0 Å². The molecular formula is C14H21F2N. The summed E-state index contributed by atoms with van der Waals surface area (Å²) in [4.78, 5) is 0. The van der Waals surface area contributed by atoms with Crippen LogP contribution in [-0.2, 0) is 0 Å². The molecule has 0 bridgehead atoms. The number of hydrogen-bond donors (Lipinski definition) is 1. The summed E-state index contributed by atoms with van der Waals surface area (Å²) in [5.41, 5.74) is 0.553. The van der Waals surface area contributed by atoms with Gasteiger partial charge in [-0.05, 0) is 25.5 Å². The van der Waals surface area contributed by atoms with E-state index in [1.807, 2.05) is 7.05 Å². The minimum absolute atomic E-state index is 0.0443. The van der Waals surface area contributed by atoms with Gasteiger partial charge in [0.2, 0.25) is 0 Å². The van der Waals surface area contributed by atoms with Gasteiger partial charge in [-0.1, -0.05) is 32.8 Å². The Balaban J connectivity index is 2.79. The van der Waals surface area contributed by atoms with E-state index in [-0.39, 0.29) is 6.04 Å². The maximum atomic E-state index is 13.6. The van der Waals surface area contributed by atoms with Crippen LogP contribution < -0.4 is 5.32 Å². The Hall–Kier alpha value is -0.960. The molecule has 0 heterocycles. The van der Waals surface area contributed by atoms with E-state index >= 15 is 0 Å². The van der Waals surface area contributed by atoms with Crippen molar-refractivity contribution in [2.24, 2.45) is 5.92 Å². The Morgan fingerprint density at radius 3 is 2.53 bits per heavy atom. The van der Waals surface area contributed by atoms with E-state index in [1.165, 1.54) is 12.1 Å². The van der Waals surface area contributed by atoms with Crippen LogP contribution in [0.1, 0.15) is 44.7 Å². The lowest BCUT2D eigenvalue weighted by atomic mass is 9.93. The Morgan fingerprint density at radius 2 is 2.00 bits per heavy atom. The van der Waals surface area contributed by atoms with Gasteiger partial charge in [0.05, 0.1) is 0 Å². The normalized spacial score (nSPS) is 14.6. The van der Waals surface area contributed by atoms with Gasteiger partial charge in [0.25, 0.3) is 0 Å². The van der Waals surface area contributed by atoms with Gasteiger partial charge in [-0.15, -0.1) is 0 Å². The van der Waals surface area contributed by atoms with Gasteiger partial charge >= 0.3 is 0 Å². The average Bonchev–Trinajstić information content (AvgIpc) is 2.27. The lowest BCUT2D eigenvalue weighted by Crippen LogP contribution is -2.20.